The predicted octanol–water partition coefficient (Wildman–Crippen LogP) is 3.29. The van der Waals surface area contributed by atoms with Gasteiger partial charge in [-0.25, -0.2) is 12.8 Å². The van der Waals surface area contributed by atoms with Gasteiger partial charge in [0.05, 0.1) is 16.7 Å². The van der Waals surface area contributed by atoms with Crippen molar-refractivity contribution in [1.82, 2.24) is 9.78 Å². The summed E-state index contributed by atoms with van der Waals surface area (Å²) in [6, 6.07) is 13.2. The third-order valence-corrected chi connectivity index (χ3v) is 6.57. The molecule has 0 spiro atoms. The first kappa shape index (κ1) is 21.5. The second kappa shape index (κ2) is 9.53. The van der Waals surface area contributed by atoms with E-state index >= 15 is 0 Å². The van der Waals surface area contributed by atoms with E-state index in [4.69, 9.17) is 4.74 Å². The first-order valence-electron chi connectivity index (χ1n) is 9.34. The molecule has 0 fully saturated rings. The third-order valence-electron chi connectivity index (χ3n) is 4.41. The molecule has 7 nitrogen and oxygen atoms in total. The van der Waals surface area contributed by atoms with Crippen molar-refractivity contribution >= 4 is 21.4 Å². The topological polar surface area (TPSA) is 90.3 Å². The van der Waals surface area contributed by atoms with E-state index in [-0.39, 0.29) is 11.3 Å². The van der Waals surface area contributed by atoms with Gasteiger partial charge in [0.2, 0.25) is 5.91 Å². The number of halogens is 1. The molecule has 1 N–H and O–H groups in total. The van der Waals surface area contributed by atoms with E-state index in [0.29, 0.717) is 24.6 Å². The number of anilines is 1. The number of nitrogens with zero attached hydrogens (tertiary/aromatic N) is 2. The van der Waals surface area contributed by atoms with Crippen LogP contribution < -0.4 is 10.1 Å². The summed E-state index contributed by atoms with van der Waals surface area (Å²) in [4.78, 5) is 12.3. The van der Waals surface area contributed by atoms with Crippen LogP contribution in [0.4, 0.5) is 10.1 Å². The van der Waals surface area contributed by atoms with E-state index in [9.17, 15) is 17.6 Å². The number of ether oxygens (including phenoxy) is 1. The van der Waals surface area contributed by atoms with Gasteiger partial charge in [0.1, 0.15) is 18.2 Å². The maximum atomic E-state index is 13.0. The Balaban J connectivity index is 1.55. The zero-order valence-electron chi connectivity index (χ0n) is 16.4. The molecule has 3 aromatic rings. The number of nitrogens with one attached hydrogen (secondary N) is 1. The number of sulfone groups is 1. The van der Waals surface area contributed by atoms with E-state index in [1.807, 2.05) is 12.3 Å². The van der Waals surface area contributed by atoms with Crippen molar-refractivity contribution in [3.8, 4) is 5.75 Å². The van der Waals surface area contributed by atoms with Gasteiger partial charge in [-0.1, -0.05) is 6.07 Å². The number of benzene rings is 2. The summed E-state index contributed by atoms with van der Waals surface area (Å²) >= 11 is 0. The summed E-state index contributed by atoms with van der Waals surface area (Å²) in [6.07, 6.45) is 3.29. The largest absolute Gasteiger partial charge is 0.492 e. The molecule has 1 atom stereocenters. The minimum Gasteiger partial charge on any atom is -0.492 e. The third kappa shape index (κ3) is 5.66. The molecule has 0 bridgehead atoms. The zero-order valence-corrected chi connectivity index (χ0v) is 17.2. The number of amides is 1. The minimum atomic E-state index is -3.75. The molecule has 0 saturated carbocycles. The molecule has 1 heterocycles. The summed E-state index contributed by atoms with van der Waals surface area (Å²) in [5, 5.41) is 5.82. The average molecular weight is 431 g/mol. The Hall–Kier alpha value is -3.20. The highest BCUT2D eigenvalue weighted by atomic mass is 32.2. The normalized spacial score (nSPS) is 12.3. The minimum absolute atomic E-state index is 0.0169. The molecular weight excluding hydrogens is 409 g/mol. The molecule has 1 aromatic heterocycles. The Bertz CT molecular complexity index is 1080. The molecule has 158 valence electrons. The maximum absolute atomic E-state index is 13.0. The smallest absolute Gasteiger partial charge is 0.225 e. The first-order chi connectivity index (χ1) is 14.3. The molecule has 0 aliphatic carbocycles. The van der Waals surface area contributed by atoms with E-state index in [0.717, 1.165) is 12.1 Å². The molecular formula is C21H22FN3O4S. The lowest BCUT2D eigenvalue weighted by Crippen LogP contribution is -2.25. The maximum Gasteiger partial charge on any atom is 0.225 e. The molecule has 0 aliphatic rings. The number of hydrogen-bond acceptors (Lipinski definition) is 5. The van der Waals surface area contributed by atoms with Crippen LogP contribution in [0.2, 0.25) is 0 Å². The molecule has 1 unspecified atom stereocenters. The van der Waals surface area contributed by atoms with Crippen LogP contribution in [0, 0.1) is 5.82 Å². The van der Waals surface area contributed by atoms with Crippen molar-refractivity contribution in [2.45, 2.75) is 30.0 Å². The highest BCUT2D eigenvalue weighted by Crippen LogP contribution is 2.21. The van der Waals surface area contributed by atoms with Gasteiger partial charge in [-0.2, -0.15) is 5.10 Å². The monoisotopic (exact) mass is 431 g/mol. The summed E-state index contributed by atoms with van der Waals surface area (Å²) in [6.45, 7) is 2.45. The standard InChI is InChI=1S/C21H22FN3O4S/c1-16(30(27,28)20-8-6-17(22)7-9-20)14-21(26)24-18-4-2-5-19(15-18)29-13-12-25-11-3-10-23-25/h2-11,15-16H,12-14H2,1H3,(H,24,26). The van der Waals surface area contributed by atoms with Crippen LogP contribution in [0.1, 0.15) is 13.3 Å². The Kier molecular flexibility index (Phi) is 6.83. The van der Waals surface area contributed by atoms with E-state index < -0.39 is 26.8 Å². The van der Waals surface area contributed by atoms with Crippen molar-refractivity contribution in [3.05, 3.63) is 72.8 Å². The van der Waals surface area contributed by atoms with Crippen molar-refractivity contribution < 1.29 is 22.3 Å². The van der Waals surface area contributed by atoms with E-state index in [1.54, 1.807) is 35.1 Å². The number of hydrogen-bond donors (Lipinski definition) is 1. The summed E-state index contributed by atoms with van der Waals surface area (Å²) in [7, 11) is -3.75. The zero-order chi connectivity index (χ0) is 21.6. The number of aromatic nitrogens is 2. The lowest BCUT2D eigenvalue weighted by atomic mass is 10.2. The molecule has 0 saturated heterocycles. The van der Waals surface area contributed by atoms with Crippen LogP contribution in [-0.2, 0) is 21.2 Å². The fourth-order valence-corrected chi connectivity index (χ4v) is 4.14. The lowest BCUT2D eigenvalue weighted by molar-refractivity contribution is -0.116. The quantitative estimate of drug-likeness (QED) is 0.525. The van der Waals surface area contributed by atoms with Crippen LogP contribution in [0.15, 0.2) is 71.9 Å². The number of carbonyl (C=O) groups is 1. The van der Waals surface area contributed by atoms with Gasteiger partial charge in [0.25, 0.3) is 0 Å². The molecule has 0 aliphatic heterocycles. The second-order valence-electron chi connectivity index (χ2n) is 6.71. The predicted molar refractivity (Wildman–Crippen MR) is 110 cm³/mol. The molecule has 9 heteroatoms. The summed E-state index contributed by atoms with van der Waals surface area (Å²) in [5.41, 5.74) is 0.503. The Morgan fingerprint density at radius 2 is 1.97 bits per heavy atom. The van der Waals surface area contributed by atoms with Gasteiger partial charge in [0.15, 0.2) is 9.84 Å². The Labute approximate surface area is 174 Å². The van der Waals surface area contributed by atoms with Gasteiger partial charge in [-0.3, -0.25) is 9.48 Å². The average Bonchev–Trinajstić information content (AvgIpc) is 3.22. The molecule has 3 rings (SSSR count). The van der Waals surface area contributed by atoms with Crippen molar-refractivity contribution in [2.75, 3.05) is 11.9 Å². The lowest BCUT2D eigenvalue weighted by Gasteiger charge is -2.14. The number of carbonyl (C=O) groups excluding carboxylic acids is 1. The van der Waals surface area contributed by atoms with Crippen LogP contribution >= 0.6 is 0 Å². The van der Waals surface area contributed by atoms with E-state index in [1.165, 1.54) is 19.1 Å². The van der Waals surface area contributed by atoms with Gasteiger partial charge in [0, 0.05) is 30.6 Å². The van der Waals surface area contributed by atoms with Crippen molar-refractivity contribution in [1.29, 1.82) is 0 Å². The molecule has 1 amide bonds. The highest BCUT2D eigenvalue weighted by molar-refractivity contribution is 7.92. The fraction of sp³-hybridized carbons (Fsp3) is 0.238. The molecule has 2 aromatic carbocycles. The SMILES string of the molecule is CC(CC(=O)Nc1cccc(OCCn2cccn2)c1)S(=O)(=O)c1ccc(F)cc1. The van der Waals surface area contributed by atoms with Crippen LogP contribution in [0.5, 0.6) is 5.75 Å². The Morgan fingerprint density at radius 1 is 1.20 bits per heavy atom. The second-order valence-corrected chi connectivity index (χ2v) is 9.07. The van der Waals surface area contributed by atoms with Gasteiger partial charge < -0.3 is 10.1 Å². The molecule has 0 radical (unpaired) electrons. The Morgan fingerprint density at radius 3 is 2.67 bits per heavy atom. The number of rotatable bonds is 9. The van der Waals surface area contributed by atoms with Crippen molar-refractivity contribution in [2.24, 2.45) is 0 Å². The summed E-state index contributed by atoms with van der Waals surface area (Å²) < 4.78 is 45.6. The molecule has 30 heavy (non-hydrogen) atoms. The van der Waals surface area contributed by atoms with Gasteiger partial charge in [-0.15, -0.1) is 0 Å². The van der Waals surface area contributed by atoms with Crippen LogP contribution in [0.3, 0.4) is 0 Å². The highest BCUT2D eigenvalue weighted by Gasteiger charge is 2.25. The fourth-order valence-electron chi connectivity index (χ4n) is 2.79. The van der Waals surface area contributed by atoms with Crippen LogP contribution in [0.25, 0.3) is 0 Å². The van der Waals surface area contributed by atoms with Gasteiger partial charge in [-0.05, 0) is 49.4 Å². The van der Waals surface area contributed by atoms with E-state index in [2.05, 4.69) is 10.4 Å². The van der Waals surface area contributed by atoms with Crippen LogP contribution in [-0.4, -0.2) is 36.0 Å². The first-order valence-corrected chi connectivity index (χ1v) is 10.9. The van der Waals surface area contributed by atoms with Gasteiger partial charge >= 0.3 is 0 Å². The summed E-state index contributed by atoms with van der Waals surface area (Å²) in [5.74, 6) is -0.389. The van der Waals surface area contributed by atoms with Crippen molar-refractivity contribution in [3.63, 3.8) is 0 Å².